The van der Waals surface area contributed by atoms with Crippen molar-refractivity contribution in [3.8, 4) is 0 Å². The van der Waals surface area contributed by atoms with Crippen molar-refractivity contribution in [2.24, 2.45) is 26.1 Å². The van der Waals surface area contributed by atoms with Gasteiger partial charge in [-0.2, -0.15) is 4.98 Å². The van der Waals surface area contributed by atoms with Gasteiger partial charge in [-0.15, -0.1) is 0 Å². The maximum atomic E-state index is 12.2. The van der Waals surface area contributed by atoms with E-state index in [0.29, 0.717) is 17.1 Å². The number of hydrogen-bond acceptors (Lipinski definition) is 5. The average molecular weight is 298 g/mol. The Morgan fingerprint density at radius 3 is 2.41 bits per heavy atom. The molecule has 112 valence electrons. The lowest BCUT2D eigenvalue weighted by atomic mass is 10.3. The molecule has 22 heavy (non-hydrogen) atoms. The zero-order valence-electron chi connectivity index (χ0n) is 12.4. The predicted octanol–water partition coefficient (Wildman–Crippen LogP) is 0.116. The van der Waals surface area contributed by atoms with Crippen molar-refractivity contribution in [3.05, 3.63) is 50.9 Å². The second kappa shape index (κ2) is 5.06. The summed E-state index contributed by atoms with van der Waals surface area (Å²) in [5.41, 5.74) is 0.714. The first-order chi connectivity index (χ1) is 10.5. The van der Waals surface area contributed by atoms with Crippen LogP contribution in [0.15, 0.2) is 39.1 Å². The first-order valence-electron chi connectivity index (χ1n) is 6.57. The zero-order valence-corrected chi connectivity index (χ0v) is 12.4. The van der Waals surface area contributed by atoms with Gasteiger partial charge in [-0.25, -0.2) is 9.79 Å². The molecular formula is C14H14N6O2. The SMILES string of the molecule is Cn1c(=O)c2c(nc(N=Cc3ccncc3)n2C)n(C)c1=O. The minimum atomic E-state index is -0.416. The standard InChI is InChI=1S/C14H14N6O2/c1-18-10-11(19(2)14(22)20(3)12(10)21)17-13(18)16-8-9-4-6-15-7-5-9/h4-8H,1-3H3. The fourth-order valence-corrected chi connectivity index (χ4v) is 2.20. The fourth-order valence-electron chi connectivity index (χ4n) is 2.20. The number of aromatic nitrogens is 5. The molecule has 0 unspecified atom stereocenters. The molecule has 0 saturated carbocycles. The Bertz CT molecular complexity index is 994. The molecule has 0 aliphatic rings. The van der Waals surface area contributed by atoms with Gasteiger partial charge < -0.3 is 4.57 Å². The van der Waals surface area contributed by atoms with Crippen molar-refractivity contribution in [3.63, 3.8) is 0 Å². The number of rotatable bonds is 2. The van der Waals surface area contributed by atoms with Crippen LogP contribution in [0.5, 0.6) is 0 Å². The van der Waals surface area contributed by atoms with Crippen LogP contribution in [-0.4, -0.2) is 29.9 Å². The lowest BCUT2D eigenvalue weighted by molar-refractivity contribution is 0.705. The van der Waals surface area contributed by atoms with E-state index < -0.39 is 11.2 Å². The first kappa shape index (κ1) is 13.9. The van der Waals surface area contributed by atoms with Crippen LogP contribution in [0, 0.1) is 0 Å². The zero-order chi connectivity index (χ0) is 15.9. The third-order valence-electron chi connectivity index (χ3n) is 3.49. The number of hydrogen-bond donors (Lipinski definition) is 0. The van der Waals surface area contributed by atoms with Crippen molar-refractivity contribution in [2.75, 3.05) is 0 Å². The van der Waals surface area contributed by atoms with Crippen LogP contribution < -0.4 is 11.2 Å². The van der Waals surface area contributed by atoms with Gasteiger partial charge in [-0.05, 0) is 17.7 Å². The molecule has 0 radical (unpaired) electrons. The lowest BCUT2D eigenvalue weighted by Crippen LogP contribution is -2.37. The summed E-state index contributed by atoms with van der Waals surface area (Å²) in [4.78, 5) is 36.7. The van der Waals surface area contributed by atoms with Gasteiger partial charge in [-0.3, -0.25) is 18.9 Å². The number of nitrogens with zero attached hydrogens (tertiary/aromatic N) is 6. The number of pyridine rings is 1. The smallest absolute Gasteiger partial charge is 0.306 e. The molecule has 0 N–H and O–H groups in total. The van der Waals surface area contributed by atoms with Crippen molar-refractivity contribution in [1.82, 2.24) is 23.7 Å². The summed E-state index contributed by atoms with van der Waals surface area (Å²) in [6.45, 7) is 0. The Hall–Kier alpha value is -3.03. The van der Waals surface area contributed by atoms with Crippen LogP contribution in [0.2, 0.25) is 0 Å². The average Bonchev–Trinajstić information content (AvgIpc) is 2.87. The highest BCUT2D eigenvalue weighted by molar-refractivity contribution is 5.82. The molecule has 3 rings (SSSR count). The van der Waals surface area contributed by atoms with Gasteiger partial charge >= 0.3 is 5.69 Å². The molecular weight excluding hydrogens is 284 g/mol. The van der Waals surface area contributed by atoms with Crippen LogP contribution in [0.4, 0.5) is 5.95 Å². The summed E-state index contributed by atoms with van der Waals surface area (Å²) in [6, 6.07) is 3.61. The summed E-state index contributed by atoms with van der Waals surface area (Å²) < 4.78 is 3.97. The van der Waals surface area contributed by atoms with Gasteiger partial charge in [0.2, 0.25) is 5.95 Å². The molecule has 0 bridgehead atoms. The molecule has 0 aliphatic heterocycles. The van der Waals surface area contributed by atoms with Crippen LogP contribution in [0.1, 0.15) is 5.56 Å². The summed E-state index contributed by atoms with van der Waals surface area (Å²) in [5, 5.41) is 0. The number of aliphatic imine (C=N–C) groups is 1. The van der Waals surface area contributed by atoms with Crippen molar-refractivity contribution in [2.45, 2.75) is 0 Å². The van der Waals surface area contributed by atoms with Crippen LogP contribution in [0.3, 0.4) is 0 Å². The first-order valence-corrected chi connectivity index (χ1v) is 6.57. The molecule has 0 amide bonds. The molecule has 0 aromatic carbocycles. The number of aryl methyl sites for hydroxylation is 2. The van der Waals surface area contributed by atoms with Gasteiger partial charge in [0.1, 0.15) is 0 Å². The van der Waals surface area contributed by atoms with Crippen molar-refractivity contribution >= 4 is 23.3 Å². The van der Waals surface area contributed by atoms with Gasteiger partial charge in [0.05, 0.1) is 0 Å². The third kappa shape index (κ3) is 2.05. The fraction of sp³-hybridized carbons (Fsp3) is 0.214. The molecule has 3 aromatic heterocycles. The Morgan fingerprint density at radius 2 is 1.73 bits per heavy atom. The van der Waals surface area contributed by atoms with E-state index in [4.69, 9.17) is 0 Å². The summed E-state index contributed by atoms with van der Waals surface area (Å²) in [5.74, 6) is 0.352. The molecule has 0 spiro atoms. The maximum absolute atomic E-state index is 12.2. The highest BCUT2D eigenvalue weighted by Crippen LogP contribution is 2.15. The van der Waals surface area contributed by atoms with E-state index in [1.807, 2.05) is 0 Å². The Kier molecular flexibility index (Phi) is 3.21. The van der Waals surface area contributed by atoms with E-state index in [2.05, 4.69) is 15.0 Å². The minimum absolute atomic E-state index is 0.317. The second-order valence-electron chi connectivity index (χ2n) is 4.89. The Balaban J connectivity index is 2.21. The number of fused-ring (bicyclic) bond motifs is 1. The molecule has 0 atom stereocenters. The van der Waals surface area contributed by atoms with Crippen molar-refractivity contribution in [1.29, 1.82) is 0 Å². The topological polar surface area (TPSA) is 87.1 Å². The van der Waals surface area contributed by atoms with E-state index in [9.17, 15) is 9.59 Å². The number of imidazole rings is 1. The molecule has 3 heterocycles. The normalized spacial score (nSPS) is 11.6. The Morgan fingerprint density at radius 1 is 1.05 bits per heavy atom. The van der Waals surface area contributed by atoms with Crippen LogP contribution >= 0.6 is 0 Å². The Labute approximate surface area is 125 Å². The third-order valence-corrected chi connectivity index (χ3v) is 3.49. The summed E-state index contributed by atoms with van der Waals surface area (Å²) >= 11 is 0. The molecule has 8 heteroatoms. The molecule has 8 nitrogen and oxygen atoms in total. The predicted molar refractivity (Wildman–Crippen MR) is 82.7 cm³/mol. The monoisotopic (exact) mass is 298 g/mol. The van der Waals surface area contributed by atoms with Gasteiger partial charge in [0.15, 0.2) is 11.2 Å². The molecule has 0 saturated heterocycles. The van der Waals surface area contributed by atoms with E-state index in [0.717, 1.165) is 10.1 Å². The van der Waals surface area contributed by atoms with E-state index in [-0.39, 0.29) is 0 Å². The van der Waals surface area contributed by atoms with Crippen LogP contribution in [0.25, 0.3) is 11.2 Å². The van der Waals surface area contributed by atoms with E-state index in [1.165, 1.54) is 11.6 Å². The van der Waals surface area contributed by atoms with E-state index in [1.54, 1.807) is 49.4 Å². The summed E-state index contributed by atoms with van der Waals surface area (Å²) in [7, 11) is 4.71. The molecule has 0 fully saturated rings. The largest absolute Gasteiger partial charge is 0.332 e. The van der Waals surface area contributed by atoms with Gasteiger partial charge in [-0.1, -0.05) is 0 Å². The highest BCUT2D eigenvalue weighted by atomic mass is 16.2. The van der Waals surface area contributed by atoms with Gasteiger partial charge in [0, 0.05) is 39.8 Å². The molecule has 3 aromatic rings. The molecule has 0 aliphatic carbocycles. The maximum Gasteiger partial charge on any atom is 0.332 e. The second-order valence-corrected chi connectivity index (χ2v) is 4.89. The highest BCUT2D eigenvalue weighted by Gasteiger charge is 2.16. The minimum Gasteiger partial charge on any atom is -0.306 e. The summed E-state index contributed by atoms with van der Waals surface area (Å²) in [6.07, 6.45) is 4.96. The van der Waals surface area contributed by atoms with E-state index >= 15 is 0 Å². The lowest BCUT2D eigenvalue weighted by Gasteiger charge is -2.02. The quantitative estimate of drug-likeness (QED) is 0.629. The van der Waals surface area contributed by atoms with Crippen LogP contribution in [-0.2, 0) is 21.1 Å². The van der Waals surface area contributed by atoms with Gasteiger partial charge in [0.25, 0.3) is 5.56 Å². The van der Waals surface area contributed by atoms with Crippen molar-refractivity contribution < 1.29 is 0 Å².